The quantitative estimate of drug-likeness (QED) is 0.920. The van der Waals surface area contributed by atoms with Crippen LogP contribution in [0.3, 0.4) is 0 Å². The van der Waals surface area contributed by atoms with Gasteiger partial charge in [-0.1, -0.05) is 13.8 Å². The second-order valence-corrected chi connectivity index (χ2v) is 7.77. The average molecular weight is 338 g/mol. The third-order valence-corrected chi connectivity index (χ3v) is 5.08. The Balaban J connectivity index is 1.45. The Morgan fingerprint density at radius 3 is 2.32 bits per heavy atom. The van der Waals surface area contributed by atoms with Gasteiger partial charge < -0.3 is 10.2 Å². The van der Waals surface area contributed by atoms with E-state index in [0.717, 1.165) is 37.9 Å². The average Bonchev–Trinajstić information content (AvgIpc) is 3.31. The van der Waals surface area contributed by atoms with Crippen molar-refractivity contribution in [3.05, 3.63) is 42.2 Å². The Hall–Kier alpha value is -2.57. The van der Waals surface area contributed by atoms with E-state index in [-0.39, 0.29) is 16.9 Å². The highest BCUT2D eigenvalue weighted by Gasteiger charge is 2.45. The van der Waals surface area contributed by atoms with Crippen LogP contribution in [0.15, 0.2) is 31.1 Å². The fourth-order valence-corrected chi connectivity index (χ4v) is 3.34. The van der Waals surface area contributed by atoms with Gasteiger partial charge in [0.25, 0.3) is 5.91 Å². The monoisotopic (exact) mass is 338 g/mol. The van der Waals surface area contributed by atoms with Crippen LogP contribution in [0, 0.1) is 5.41 Å². The van der Waals surface area contributed by atoms with Gasteiger partial charge in [-0.3, -0.25) is 4.79 Å². The number of carbonyl (C=O) groups excluding carboxylic acids is 1. The van der Waals surface area contributed by atoms with Crippen molar-refractivity contribution in [2.24, 2.45) is 5.41 Å². The highest BCUT2D eigenvalue weighted by molar-refractivity contribution is 5.93. The van der Waals surface area contributed by atoms with E-state index in [2.05, 4.69) is 39.1 Å². The van der Waals surface area contributed by atoms with E-state index < -0.39 is 0 Å². The Morgan fingerprint density at radius 1 is 1.08 bits per heavy atom. The van der Waals surface area contributed by atoms with E-state index in [4.69, 9.17) is 0 Å². The van der Waals surface area contributed by atoms with Crippen molar-refractivity contribution in [3.8, 4) is 0 Å². The fraction of sp³-hybridized carbons (Fsp3) is 0.500. The minimum absolute atomic E-state index is 0.00900. The van der Waals surface area contributed by atoms with Crippen molar-refractivity contribution in [3.63, 3.8) is 0 Å². The van der Waals surface area contributed by atoms with Crippen LogP contribution < -0.4 is 5.32 Å². The normalized spacial score (nSPS) is 20.3. The van der Waals surface area contributed by atoms with E-state index in [1.54, 1.807) is 12.4 Å². The first-order valence-corrected chi connectivity index (χ1v) is 8.63. The summed E-state index contributed by atoms with van der Waals surface area (Å²) in [4.78, 5) is 31.3. The zero-order chi connectivity index (χ0) is 17.5. The first-order valence-electron chi connectivity index (χ1n) is 8.63. The first kappa shape index (κ1) is 15.9. The third-order valence-electron chi connectivity index (χ3n) is 5.08. The number of hydrogen-bond donors (Lipinski definition) is 1. The fourth-order valence-electron chi connectivity index (χ4n) is 3.34. The van der Waals surface area contributed by atoms with Gasteiger partial charge in [-0.05, 0) is 24.7 Å². The molecule has 2 aliphatic rings. The Kier molecular flexibility index (Phi) is 3.67. The molecule has 1 amide bonds. The van der Waals surface area contributed by atoms with E-state index >= 15 is 0 Å². The summed E-state index contributed by atoms with van der Waals surface area (Å²) in [6, 6.07) is 0. The maximum atomic E-state index is 12.6. The molecule has 3 heterocycles. The number of rotatable bonds is 4. The molecule has 25 heavy (non-hydrogen) atoms. The van der Waals surface area contributed by atoms with Gasteiger partial charge in [-0.25, -0.2) is 19.9 Å². The molecule has 0 unspecified atom stereocenters. The van der Waals surface area contributed by atoms with Crippen LogP contribution in [0.4, 0.5) is 5.95 Å². The topological polar surface area (TPSA) is 83.9 Å². The molecular weight excluding hydrogens is 316 g/mol. The van der Waals surface area contributed by atoms with Crippen LogP contribution in [0.25, 0.3) is 0 Å². The minimum atomic E-state index is -0.175. The summed E-state index contributed by atoms with van der Waals surface area (Å²) in [5.74, 6) is 0.536. The molecule has 0 spiro atoms. The van der Waals surface area contributed by atoms with Crippen molar-refractivity contribution in [2.75, 3.05) is 18.4 Å². The van der Waals surface area contributed by atoms with Crippen molar-refractivity contribution >= 4 is 11.9 Å². The summed E-state index contributed by atoms with van der Waals surface area (Å²) in [5.41, 5.74) is 1.59. The van der Waals surface area contributed by atoms with E-state index in [1.807, 2.05) is 17.3 Å². The largest absolute Gasteiger partial charge is 0.345 e. The van der Waals surface area contributed by atoms with Gasteiger partial charge in [0.1, 0.15) is 6.33 Å². The number of carbonyl (C=O) groups is 1. The molecular formula is C18H22N6O. The highest BCUT2D eigenvalue weighted by atomic mass is 16.2. The lowest BCUT2D eigenvalue weighted by atomic mass is 9.93. The molecule has 7 nitrogen and oxygen atoms in total. The van der Waals surface area contributed by atoms with Gasteiger partial charge in [0, 0.05) is 43.4 Å². The molecule has 1 N–H and O–H groups in total. The number of likely N-dealkylation sites (tertiary alicyclic amines) is 1. The molecule has 0 bridgehead atoms. The van der Waals surface area contributed by atoms with Crippen molar-refractivity contribution in [1.29, 1.82) is 0 Å². The van der Waals surface area contributed by atoms with Gasteiger partial charge in [0.15, 0.2) is 0 Å². The zero-order valence-electron chi connectivity index (χ0n) is 14.6. The molecule has 1 saturated heterocycles. The lowest BCUT2D eigenvalue weighted by Crippen LogP contribution is -2.30. The van der Waals surface area contributed by atoms with Gasteiger partial charge in [0.2, 0.25) is 5.95 Å². The predicted molar refractivity (Wildman–Crippen MR) is 92.9 cm³/mol. The molecule has 0 atom stereocenters. The lowest BCUT2D eigenvalue weighted by Gasteiger charge is -2.20. The third kappa shape index (κ3) is 3.18. The second kappa shape index (κ2) is 5.75. The van der Waals surface area contributed by atoms with Gasteiger partial charge in [-0.2, -0.15) is 0 Å². The molecule has 130 valence electrons. The Morgan fingerprint density at radius 2 is 1.76 bits per heavy atom. The van der Waals surface area contributed by atoms with E-state index in [0.29, 0.717) is 11.5 Å². The molecule has 1 aliphatic heterocycles. The second-order valence-electron chi connectivity index (χ2n) is 7.77. The van der Waals surface area contributed by atoms with E-state index in [1.165, 1.54) is 6.33 Å². The molecule has 0 radical (unpaired) electrons. The summed E-state index contributed by atoms with van der Waals surface area (Å²) in [6.45, 7) is 5.95. The predicted octanol–water partition coefficient (Wildman–Crippen LogP) is 2.24. The Bertz CT molecular complexity index is 770. The maximum Gasteiger partial charge on any atom is 0.257 e. The number of nitrogens with one attached hydrogen (secondary N) is 1. The maximum absolute atomic E-state index is 12.6. The number of amides is 1. The molecule has 2 aromatic heterocycles. The summed E-state index contributed by atoms with van der Waals surface area (Å²) in [5, 5.41) is 3.37. The highest BCUT2D eigenvalue weighted by Crippen LogP contribution is 2.47. The summed E-state index contributed by atoms with van der Waals surface area (Å²) < 4.78 is 0. The number of aromatic nitrogens is 4. The smallest absolute Gasteiger partial charge is 0.257 e. The molecule has 2 fully saturated rings. The van der Waals surface area contributed by atoms with Crippen LogP contribution in [0.5, 0.6) is 0 Å². The number of nitrogens with zero attached hydrogens (tertiary/aromatic N) is 5. The lowest BCUT2D eigenvalue weighted by molar-refractivity contribution is 0.0777. The van der Waals surface area contributed by atoms with Crippen molar-refractivity contribution in [2.45, 2.75) is 38.6 Å². The first-order chi connectivity index (χ1) is 12.0. The van der Waals surface area contributed by atoms with Crippen molar-refractivity contribution in [1.82, 2.24) is 24.8 Å². The summed E-state index contributed by atoms with van der Waals surface area (Å²) >= 11 is 0. The Labute approximate surface area is 146 Å². The molecule has 7 heteroatoms. The SMILES string of the molecule is CC1(C)CCN(C(=O)c2cnc(NC3(c4cncnc4)CC3)nc2)C1. The summed E-state index contributed by atoms with van der Waals surface area (Å²) in [6.07, 6.45) is 11.4. The van der Waals surface area contributed by atoms with Crippen LogP contribution in [-0.2, 0) is 5.54 Å². The molecule has 0 aromatic carbocycles. The number of hydrogen-bond acceptors (Lipinski definition) is 6. The zero-order valence-corrected chi connectivity index (χ0v) is 14.6. The minimum Gasteiger partial charge on any atom is -0.345 e. The van der Waals surface area contributed by atoms with Crippen LogP contribution in [0.1, 0.15) is 49.0 Å². The molecule has 2 aromatic rings. The molecule has 1 saturated carbocycles. The van der Waals surface area contributed by atoms with Gasteiger partial charge in [0.05, 0.1) is 11.1 Å². The van der Waals surface area contributed by atoms with Crippen LogP contribution >= 0.6 is 0 Å². The van der Waals surface area contributed by atoms with Crippen LogP contribution in [0.2, 0.25) is 0 Å². The standard InChI is InChI=1S/C18H22N6O/c1-17(2)5-6-24(11-17)15(25)13-7-21-16(22-8-13)23-18(3-4-18)14-9-19-12-20-10-14/h7-10,12H,3-6,11H2,1-2H3,(H,21,22,23). The van der Waals surface area contributed by atoms with Gasteiger partial charge in [-0.15, -0.1) is 0 Å². The molecule has 4 rings (SSSR count). The number of anilines is 1. The van der Waals surface area contributed by atoms with Crippen LogP contribution in [-0.4, -0.2) is 43.8 Å². The molecule has 1 aliphatic carbocycles. The van der Waals surface area contributed by atoms with Crippen molar-refractivity contribution < 1.29 is 4.79 Å². The van der Waals surface area contributed by atoms with Gasteiger partial charge >= 0.3 is 0 Å². The summed E-state index contributed by atoms with van der Waals surface area (Å²) in [7, 11) is 0. The van der Waals surface area contributed by atoms with E-state index in [9.17, 15) is 4.79 Å².